The van der Waals surface area contributed by atoms with Gasteiger partial charge >= 0.3 is 0 Å². The molecule has 0 amide bonds. The van der Waals surface area contributed by atoms with Gasteiger partial charge in [0, 0.05) is 18.2 Å². The Labute approximate surface area is 116 Å². The molecular weight excluding hydrogens is 254 g/mol. The van der Waals surface area contributed by atoms with Crippen LogP contribution >= 0.6 is 0 Å². The van der Waals surface area contributed by atoms with Crippen molar-refractivity contribution in [2.45, 2.75) is 12.5 Å². The van der Waals surface area contributed by atoms with Gasteiger partial charge in [-0.25, -0.2) is 0 Å². The van der Waals surface area contributed by atoms with Gasteiger partial charge in [-0.15, -0.1) is 0 Å². The second-order valence-corrected chi connectivity index (χ2v) is 4.41. The third-order valence-electron chi connectivity index (χ3n) is 3.11. The van der Waals surface area contributed by atoms with E-state index in [1.54, 1.807) is 6.20 Å². The van der Waals surface area contributed by atoms with Gasteiger partial charge in [0.25, 0.3) is 0 Å². The van der Waals surface area contributed by atoms with Gasteiger partial charge in [-0.2, -0.15) is 0 Å². The molecule has 20 heavy (non-hydrogen) atoms. The van der Waals surface area contributed by atoms with Crippen LogP contribution in [-0.2, 0) is 4.84 Å². The van der Waals surface area contributed by atoms with Crippen molar-refractivity contribution < 1.29 is 10.0 Å². The van der Waals surface area contributed by atoms with E-state index in [2.05, 4.69) is 15.3 Å². The van der Waals surface area contributed by atoms with Crippen LogP contribution in [0.15, 0.2) is 65.0 Å². The number of rotatable bonds is 3. The molecule has 1 aliphatic heterocycles. The molecule has 5 nitrogen and oxygen atoms in total. The van der Waals surface area contributed by atoms with Crippen LogP contribution in [0.5, 0.6) is 0 Å². The topological polar surface area (TPSA) is 67.1 Å². The maximum atomic E-state index is 9.23. The summed E-state index contributed by atoms with van der Waals surface area (Å²) in [6.07, 6.45) is 2.02. The van der Waals surface area contributed by atoms with E-state index in [9.17, 15) is 5.21 Å². The van der Waals surface area contributed by atoms with Crippen LogP contribution in [0.3, 0.4) is 0 Å². The zero-order valence-corrected chi connectivity index (χ0v) is 10.7. The quantitative estimate of drug-likeness (QED) is 0.528. The summed E-state index contributed by atoms with van der Waals surface area (Å²) in [5.74, 6) is 0. The van der Waals surface area contributed by atoms with E-state index in [4.69, 9.17) is 4.84 Å². The molecule has 5 heteroatoms. The summed E-state index contributed by atoms with van der Waals surface area (Å²) in [7, 11) is 0. The summed E-state index contributed by atoms with van der Waals surface area (Å²) in [5.41, 5.74) is 2.68. The van der Waals surface area contributed by atoms with E-state index < -0.39 is 0 Å². The van der Waals surface area contributed by atoms with Crippen LogP contribution in [0.25, 0.3) is 0 Å². The standard InChI is InChI=1S/C15H13N3O2/c19-17-15(11-6-2-1-3-7-11)13-10-14(20-18-13)12-8-4-5-9-16-12/h1-9,14,19H,10H2/b17-15-. The van der Waals surface area contributed by atoms with E-state index in [0.717, 1.165) is 11.3 Å². The Bertz CT molecular complexity index is 639. The van der Waals surface area contributed by atoms with E-state index in [1.807, 2.05) is 48.5 Å². The summed E-state index contributed by atoms with van der Waals surface area (Å²) in [6, 6.07) is 15.0. The molecule has 1 N–H and O–H groups in total. The minimum Gasteiger partial charge on any atom is -0.410 e. The lowest BCUT2D eigenvalue weighted by Gasteiger charge is -2.06. The Morgan fingerprint density at radius 3 is 2.65 bits per heavy atom. The van der Waals surface area contributed by atoms with Gasteiger partial charge in [0.15, 0.2) is 6.10 Å². The molecule has 1 atom stereocenters. The maximum absolute atomic E-state index is 9.23. The number of nitrogens with zero attached hydrogens (tertiary/aromatic N) is 3. The van der Waals surface area contributed by atoms with Gasteiger partial charge in [-0.1, -0.05) is 46.7 Å². The van der Waals surface area contributed by atoms with Crippen LogP contribution < -0.4 is 0 Å². The highest BCUT2D eigenvalue weighted by molar-refractivity contribution is 6.48. The highest BCUT2D eigenvalue weighted by atomic mass is 16.6. The van der Waals surface area contributed by atoms with Crippen LogP contribution in [0.2, 0.25) is 0 Å². The summed E-state index contributed by atoms with van der Waals surface area (Å²) >= 11 is 0. The first-order valence-electron chi connectivity index (χ1n) is 6.30. The van der Waals surface area contributed by atoms with Crippen molar-refractivity contribution in [2.75, 3.05) is 0 Å². The summed E-state index contributed by atoms with van der Waals surface area (Å²) in [6.45, 7) is 0. The fourth-order valence-electron chi connectivity index (χ4n) is 2.12. The van der Waals surface area contributed by atoms with E-state index in [1.165, 1.54) is 0 Å². The molecule has 1 unspecified atom stereocenters. The Kier molecular flexibility index (Phi) is 3.41. The SMILES string of the molecule is O/N=C(\C1=NOC(c2ccccn2)C1)c1ccccc1. The molecule has 1 aromatic carbocycles. The zero-order chi connectivity index (χ0) is 13.8. The Hall–Kier alpha value is -2.69. The molecular formula is C15H13N3O2. The largest absolute Gasteiger partial charge is 0.410 e. The number of hydrogen-bond donors (Lipinski definition) is 1. The van der Waals surface area contributed by atoms with Crippen LogP contribution in [0.1, 0.15) is 23.8 Å². The van der Waals surface area contributed by atoms with Gasteiger partial charge in [-0.3, -0.25) is 4.98 Å². The first-order valence-corrected chi connectivity index (χ1v) is 6.30. The van der Waals surface area contributed by atoms with E-state index >= 15 is 0 Å². The Morgan fingerprint density at radius 1 is 1.15 bits per heavy atom. The Morgan fingerprint density at radius 2 is 1.95 bits per heavy atom. The van der Waals surface area contributed by atoms with Crippen molar-refractivity contribution in [2.24, 2.45) is 10.3 Å². The molecule has 2 aromatic rings. The number of hydrogen-bond acceptors (Lipinski definition) is 5. The summed E-state index contributed by atoms with van der Waals surface area (Å²) < 4.78 is 0. The van der Waals surface area contributed by atoms with E-state index in [-0.39, 0.29) is 6.10 Å². The smallest absolute Gasteiger partial charge is 0.175 e. The van der Waals surface area contributed by atoms with Crippen LogP contribution in [0, 0.1) is 0 Å². The van der Waals surface area contributed by atoms with Crippen molar-refractivity contribution >= 4 is 11.4 Å². The summed E-state index contributed by atoms with van der Waals surface area (Å²) in [5, 5.41) is 16.6. The molecule has 0 spiro atoms. The van der Waals surface area contributed by atoms with Gasteiger partial charge in [0.05, 0.1) is 5.69 Å². The molecule has 0 aliphatic carbocycles. The lowest BCUT2D eigenvalue weighted by Crippen LogP contribution is -2.14. The van der Waals surface area contributed by atoms with Gasteiger partial charge in [-0.05, 0) is 12.1 Å². The first kappa shape index (κ1) is 12.3. The number of oxime groups is 2. The molecule has 0 saturated heterocycles. The second kappa shape index (κ2) is 5.52. The highest BCUT2D eigenvalue weighted by Gasteiger charge is 2.27. The lowest BCUT2D eigenvalue weighted by atomic mass is 10.0. The molecule has 1 aromatic heterocycles. The fraction of sp³-hybridized carbons (Fsp3) is 0.133. The van der Waals surface area contributed by atoms with E-state index in [0.29, 0.717) is 17.8 Å². The van der Waals surface area contributed by atoms with Crippen molar-refractivity contribution in [1.82, 2.24) is 4.98 Å². The van der Waals surface area contributed by atoms with Crippen LogP contribution in [-0.4, -0.2) is 21.6 Å². The second-order valence-electron chi connectivity index (χ2n) is 4.41. The average Bonchev–Trinajstić information content (AvgIpc) is 3.00. The van der Waals surface area contributed by atoms with Crippen molar-refractivity contribution in [3.8, 4) is 0 Å². The number of benzene rings is 1. The van der Waals surface area contributed by atoms with Crippen molar-refractivity contribution in [3.05, 3.63) is 66.0 Å². The average molecular weight is 267 g/mol. The third-order valence-corrected chi connectivity index (χ3v) is 3.11. The minimum absolute atomic E-state index is 0.230. The number of aromatic nitrogens is 1. The molecule has 3 rings (SSSR count). The molecule has 0 radical (unpaired) electrons. The maximum Gasteiger partial charge on any atom is 0.175 e. The molecule has 2 heterocycles. The lowest BCUT2D eigenvalue weighted by molar-refractivity contribution is 0.0826. The first-order chi connectivity index (χ1) is 9.88. The molecule has 1 aliphatic rings. The normalized spacial score (nSPS) is 18.5. The molecule has 100 valence electrons. The predicted octanol–water partition coefficient (Wildman–Crippen LogP) is 2.78. The van der Waals surface area contributed by atoms with Gasteiger partial charge in [0.2, 0.25) is 0 Å². The molecule has 0 fully saturated rings. The monoisotopic (exact) mass is 267 g/mol. The van der Waals surface area contributed by atoms with Crippen molar-refractivity contribution in [1.29, 1.82) is 0 Å². The number of pyridine rings is 1. The summed E-state index contributed by atoms with van der Waals surface area (Å²) in [4.78, 5) is 9.64. The van der Waals surface area contributed by atoms with Crippen LogP contribution in [0.4, 0.5) is 0 Å². The fourth-order valence-corrected chi connectivity index (χ4v) is 2.12. The van der Waals surface area contributed by atoms with Gasteiger partial charge in [0.1, 0.15) is 11.4 Å². The molecule has 0 bridgehead atoms. The Balaban J connectivity index is 1.80. The third kappa shape index (κ3) is 2.38. The predicted molar refractivity (Wildman–Crippen MR) is 74.9 cm³/mol. The molecule has 0 saturated carbocycles. The highest BCUT2D eigenvalue weighted by Crippen LogP contribution is 2.26. The zero-order valence-electron chi connectivity index (χ0n) is 10.7. The van der Waals surface area contributed by atoms with Gasteiger partial charge < -0.3 is 10.0 Å². The minimum atomic E-state index is -0.230. The van der Waals surface area contributed by atoms with Crippen molar-refractivity contribution in [3.63, 3.8) is 0 Å².